The van der Waals surface area contributed by atoms with Gasteiger partial charge in [0.15, 0.2) is 11.6 Å². The Hall–Kier alpha value is -2.49. The van der Waals surface area contributed by atoms with Crippen LogP contribution < -0.4 is 5.73 Å². The maximum Gasteiger partial charge on any atom is 0.180 e. The van der Waals surface area contributed by atoms with E-state index in [-0.39, 0.29) is 0 Å². The van der Waals surface area contributed by atoms with Crippen molar-refractivity contribution in [2.45, 2.75) is 20.8 Å². The van der Waals surface area contributed by atoms with Gasteiger partial charge in [-0.25, -0.2) is 0 Å². The van der Waals surface area contributed by atoms with Crippen molar-refractivity contribution in [3.63, 3.8) is 0 Å². The van der Waals surface area contributed by atoms with E-state index in [0.29, 0.717) is 11.6 Å². The lowest BCUT2D eigenvalue weighted by atomic mass is 10.0. The van der Waals surface area contributed by atoms with Gasteiger partial charge in [-0.05, 0) is 32.4 Å². The lowest BCUT2D eigenvalue weighted by Gasteiger charge is -2.03. The smallest absolute Gasteiger partial charge is 0.180 e. The number of nitrogen functional groups attached to an aromatic ring is 1. The normalized spacial score (nSPS) is 10.9. The summed E-state index contributed by atoms with van der Waals surface area (Å²) in [5, 5.41) is 3.91. The molecule has 0 saturated heterocycles. The third-order valence-electron chi connectivity index (χ3n) is 3.31. The molecule has 0 aliphatic rings. The van der Waals surface area contributed by atoms with Gasteiger partial charge in [0.05, 0.1) is 11.1 Å². The van der Waals surface area contributed by atoms with Crippen molar-refractivity contribution in [1.29, 1.82) is 0 Å². The van der Waals surface area contributed by atoms with Crippen LogP contribution in [-0.2, 0) is 0 Å². The van der Waals surface area contributed by atoms with Crippen molar-refractivity contribution in [3.8, 4) is 22.5 Å². The van der Waals surface area contributed by atoms with E-state index >= 15 is 0 Å². The lowest BCUT2D eigenvalue weighted by molar-refractivity contribution is 0.434. The van der Waals surface area contributed by atoms with E-state index in [2.05, 4.69) is 11.2 Å². The highest BCUT2D eigenvalue weighted by Crippen LogP contribution is 2.39. The molecule has 2 N–H and O–H groups in total. The molecule has 4 heteroatoms. The molecule has 0 bridgehead atoms. The number of aryl methyl sites for hydroxylation is 3. The fourth-order valence-electron chi connectivity index (χ4n) is 2.42. The second kappa shape index (κ2) is 4.56. The lowest BCUT2D eigenvalue weighted by Crippen LogP contribution is -1.89. The van der Waals surface area contributed by atoms with E-state index in [0.717, 1.165) is 33.8 Å². The molecule has 0 saturated carbocycles. The molecular formula is C16H16N2O2. The third-order valence-corrected chi connectivity index (χ3v) is 3.31. The van der Waals surface area contributed by atoms with E-state index in [4.69, 9.17) is 14.7 Å². The van der Waals surface area contributed by atoms with Gasteiger partial charge in [-0.1, -0.05) is 35.0 Å². The minimum Gasteiger partial charge on any atom is -0.466 e. The standard InChI is InChI=1S/C16H16N2O2/c1-9-5-4-6-12(7-9)14-15(20-18-16(14)17)13-8-10(2)19-11(13)3/h4-8H,1-3H3,(H2,17,18). The summed E-state index contributed by atoms with van der Waals surface area (Å²) < 4.78 is 11.0. The molecule has 0 unspecified atom stereocenters. The first-order valence-corrected chi connectivity index (χ1v) is 6.46. The Morgan fingerprint density at radius 3 is 2.55 bits per heavy atom. The summed E-state index contributed by atoms with van der Waals surface area (Å²) in [6.45, 7) is 5.85. The molecule has 0 atom stereocenters. The molecule has 1 aromatic carbocycles. The summed E-state index contributed by atoms with van der Waals surface area (Å²) in [6.07, 6.45) is 0. The van der Waals surface area contributed by atoms with E-state index in [1.54, 1.807) is 0 Å². The first kappa shape index (κ1) is 12.5. The van der Waals surface area contributed by atoms with Crippen LogP contribution in [0.3, 0.4) is 0 Å². The van der Waals surface area contributed by atoms with E-state index in [1.165, 1.54) is 0 Å². The Balaban J connectivity index is 2.22. The van der Waals surface area contributed by atoms with Crippen LogP contribution in [0.4, 0.5) is 5.82 Å². The molecule has 0 fully saturated rings. The molecule has 0 aliphatic carbocycles. The average molecular weight is 268 g/mol. The Morgan fingerprint density at radius 1 is 1.10 bits per heavy atom. The van der Waals surface area contributed by atoms with Crippen molar-refractivity contribution in [3.05, 3.63) is 47.4 Å². The molecule has 0 amide bonds. The number of hydrogen-bond acceptors (Lipinski definition) is 4. The van der Waals surface area contributed by atoms with E-state index in [9.17, 15) is 0 Å². The first-order chi connectivity index (χ1) is 9.56. The summed E-state index contributed by atoms with van der Waals surface area (Å²) in [5.74, 6) is 2.68. The van der Waals surface area contributed by atoms with Crippen molar-refractivity contribution >= 4 is 5.82 Å². The van der Waals surface area contributed by atoms with Crippen LogP contribution in [0.2, 0.25) is 0 Å². The van der Waals surface area contributed by atoms with Crippen molar-refractivity contribution in [1.82, 2.24) is 5.16 Å². The number of aromatic nitrogens is 1. The zero-order valence-electron chi connectivity index (χ0n) is 11.7. The Morgan fingerprint density at radius 2 is 1.90 bits per heavy atom. The highest BCUT2D eigenvalue weighted by molar-refractivity contribution is 5.87. The third kappa shape index (κ3) is 1.99. The number of nitrogens with zero attached hydrogens (tertiary/aromatic N) is 1. The molecular weight excluding hydrogens is 252 g/mol. The minimum atomic E-state index is 0.392. The van der Waals surface area contributed by atoms with Crippen LogP contribution in [0.25, 0.3) is 22.5 Å². The predicted octanol–water partition coefficient (Wildman–Crippen LogP) is 4.11. The van der Waals surface area contributed by atoms with Gasteiger partial charge in [-0.15, -0.1) is 0 Å². The van der Waals surface area contributed by atoms with Crippen LogP contribution in [-0.4, -0.2) is 5.16 Å². The number of rotatable bonds is 2. The monoisotopic (exact) mass is 268 g/mol. The summed E-state index contributed by atoms with van der Waals surface area (Å²) in [6, 6.07) is 10.0. The molecule has 0 radical (unpaired) electrons. The quantitative estimate of drug-likeness (QED) is 0.759. The van der Waals surface area contributed by atoms with E-state index < -0.39 is 0 Å². The Bertz CT molecular complexity index is 769. The van der Waals surface area contributed by atoms with Gasteiger partial charge in [0.1, 0.15) is 11.5 Å². The first-order valence-electron chi connectivity index (χ1n) is 6.46. The van der Waals surface area contributed by atoms with Gasteiger partial charge >= 0.3 is 0 Å². The molecule has 2 aromatic heterocycles. The summed E-state index contributed by atoms with van der Waals surface area (Å²) >= 11 is 0. The largest absolute Gasteiger partial charge is 0.466 e. The van der Waals surface area contributed by atoms with Crippen molar-refractivity contribution in [2.75, 3.05) is 5.73 Å². The molecule has 102 valence electrons. The van der Waals surface area contributed by atoms with Crippen LogP contribution in [0, 0.1) is 20.8 Å². The molecule has 2 heterocycles. The molecule has 4 nitrogen and oxygen atoms in total. The second-order valence-electron chi connectivity index (χ2n) is 4.97. The van der Waals surface area contributed by atoms with Gasteiger partial charge in [-0.2, -0.15) is 0 Å². The maximum absolute atomic E-state index is 5.98. The summed E-state index contributed by atoms with van der Waals surface area (Å²) in [5.41, 5.74) is 9.85. The van der Waals surface area contributed by atoms with E-state index in [1.807, 2.05) is 45.0 Å². The molecule has 20 heavy (non-hydrogen) atoms. The van der Waals surface area contributed by atoms with Gasteiger partial charge in [0.2, 0.25) is 0 Å². The highest BCUT2D eigenvalue weighted by Gasteiger charge is 2.21. The van der Waals surface area contributed by atoms with Crippen molar-refractivity contribution < 1.29 is 8.94 Å². The summed E-state index contributed by atoms with van der Waals surface area (Å²) in [4.78, 5) is 0. The summed E-state index contributed by atoms with van der Waals surface area (Å²) in [7, 11) is 0. The second-order valence-corrected chi connectivity index (χ2v) is 4.97. The number of furan rings is 1. The van der Waals surface area contributed by atoms with Crippen LogP contribution >= 0.6 is 0 Å². The fourth-order valence-corrected chi connectivity index (χ4v) is 2.42. The predicted molar refractivity (Wildman–Crippen MR) is 78.3 cm³/mol. The SMILES string of the molecule is Cc1cccc(-c2c(N)noc2-c2cc(C)oc2C)c1. The molecule has 3 rings (SSSR count). The molecule has 0 aliphatic heterocycles. The Kier molecular flexibility index (Phi) is 2.86. The zero-order chi connectivity index (χ0) is 14.3. The number of benzene rings is 1. The number of nitrogens with two attached hydrogens (primary N) is 1. The zero-order valence-corrected chi connectivity index (χ0v) is 11.7. The Labute approximate surface area is 117 Å². The van der Waals surface area contributed by atoms with Gasteiger partial charge < -0.3 is 14.7 Å². The molecule has 0 spiro atoms. The molecule has 3 aromatic rings. The number of anilines is 1. The topological polar surface area (TPSA) is 65.2 Å². The van der Waals surface area contributed by atoms with Crippen LogP contribution in [0.1, 0.15) is 17.1 Å². The van der Waals surface area contributed by atoms with Gasteiger partial charge in [0.25, 0.3) is 0 Å². The van der Waals surface area contributed by atoms with Crippen LogP contribution in [0.15, 0.2) is 39.3 Å². The number of hydrogen-bond donors (Lipinski definition) is 1. The van der Waals surface area contributed by atoms with Crippen LogP contribution in [0.5, 0.6) is 0 Å². The highest BCUT2D eigenvalue weighted by atomic mass is 16.5. The van der Waals surface area contributed by atoms with Crippen molar-refractivity contribution in [2.24, 2.45) is 0 Å². The van der Waals surface area contributed by atoms with Gasteiger partial charge in [-0.3, -0.25) is 0 Å². The van der Waals surface area contributed by atoms with Gasteiger partial charge in [0, 0.05) is 0 Å². The fraction of sp³-hybridized carbons (Fsp3) is 0.188. The maximum atomic E-state index is 5.98. The average Bonchev–Trinajstić information content (AvgIpc) is 2.92. The minimum absolute atomic E-state index is 0.392.